The summed E-state index contributed by atoms with van der Waals surface area (Å²) in [6.45, 7) is 11.2. The van der Waals surface area contributed by atoms with Crippen molar-refractivity contribution in [2.45, 2.75) is 122 Å². The van der Waals surface area contributed by atoms with Gasteiger partial charge in [-0.05, 0) is 111 Å². The minimum atomic E-state index is -0.633. The van der Waals surface area contributed by atoms with E-state index < -0.39 is 18.3 Å². The van der Waals surface area contributed by atoms with Crippen LogP contribution in [0.25, 0.3) is 0 Å². The smallest absolute Gasteiger partial charge is 0.0825 e. The van der Waals surface area contributed by atoms with Crippen molar-refractivity contribution in [1.29, 1.82) is 0 Å². The molecule has 1 aromatic heterocycles. The molecule has 3 nitrogen and oxygen atoms in total. The molecule has 0 bridgehead atoms. The molecule has 4 aliphatic rings. The van der Waals surface area contributed by atoms with Crippen molar-refractivity contribution in [2.75, 3.05) is 0 Å². The molecule has 0 aliphatic heterocycles. The Labute approximate surface area is 240 Å². The summed E-state index contributed by atoms with van der Waals surface area (Å²) in [6.07, 6.45) is 20.3. The highest BCUT2D eigenvalue weighted by Gasteiger charge is 2.52. The van der Waals surface area contributed by atoms with Crippen LogP contribution in [0.5, 0.6) is 0 Å². The van der Waals surface area contributed by atoms with Crippen LogP contribution in [-0.2, 0) is 11.8 Å². The number of hydrogen-bond acceptors (Lipinski definition) is 4. The van der Waals surface area contributed by atoms with Crippen molar-refractivity contribution in [1.82, 2.24) is 0 Å². The summed E-state index contributed by atoms with van der Waals surface area (Å²) in [5.74, 6) is 1.64. The third-order valence-electron chi connectivity index (χ3n) is 10.8. The SMILES string of the molecule is C=C1/C(=C\C=C2/CCC[C@]3(C)[C@@H]([C@H](C)/C=C/[C@H](O)C4(c5ccc(CCCC)s5)CC4)CC[C@@H]23)C[C@@H](O)C[C@@H]1O. The number of hydrogen-bond donors (Lipinski definition) is 3. The highest BCUT2D eigenvalue weighted by molar-refractivity contribution is 7.12. The van der Waals surface area contributed by atoms with Crippen molar-refractivity contribution in [3.05, 3.63) is 69.5 Å². The molecule has 4 saturated carbocycles. The Hall–Kier alpha value is -1.46. The zero-order chi connectivity index (χ0) is 27.8. The Balaban J connectivity index is 1.26. The molecule has 4 aliphatic carbocycles. The van der Waals surface area contributed by atoms with E-state index in [1.54, 1.807) is 0 Å². The van der Waals surface area contributed by atoms with Gasteiger partial charge in [-0.3, -0.25) is 0 Å². The van der Waals surface area contributed by atoms with E-state index in [0.29, 0.717) is 30.6 Å². The van der Waals surface area contributed by atoms with E-state index >= 15 is 0 Å². The lowest BCUT2D eigenvalue weighted by atomic mass is 9.61. The third-order valence-corrected chi connectivity index (χ3v) is 12.2. The standard InChI is InChI=1S/C35H50O3S/c1-5-6-9-28-13-17-33(39-28)35(19-20-35)32(38)16-10-23(2)29-14-15-30-25(8-7-18-34(29,30)4)11-12-26-21-27(36)22-31(37)24(26)3/h10-13,16-17,23,27,29-32,36-38H,3,5-9,14-15,18-22H2,1-2,4H3/b16-10+,25-11+,26-12-/t23-,27-,29-,30+,31+,32+,34-/m1/s1. The van der Waals surface area contributed by atoms with Crippen LogP contribution in [0.3, 0.4) is 0 Å². The molecule has 0 unspecified atom stereocenters. The topological polar surface area (TPSA) is 60.7 Å². The molecule has 39 heavy (non-hydrogen) atoms. The van der Waals surface area contributed by atoms with E-state index in [1.165, 1.54) is 53.9 Å². The largest absolute Gasteiger partial charge is 0.393 e. The maximum Gasteiger partial charge on any atom is 0.0825 e. The number of rotatable bonds is 9. The van der Waals surface area contributed by atoms with Crippen molar-refractivity contribution in [2.24, 2.45) is 23.2 Å². The second-order valence-corrected chi connectivity index (χ2v) is 14.5. The molecule has 3 N–H and O–H groups in total. The van der Waals surface area contributed by atoms with Crippen molar-refractivity contribution in [3.63, 3.8) is 0 Å². The van der Waals surface area contributed by atoms with Gasteiger partial charge >= 0.3 is 0 Å². The summed E-state index contributed by atoms with van der Waals surface area (Å²) < 4.78 is 0. The van der Waals surface area contributed by atoms with Crippen LogP contribution >= 0.6 is 11.3 Å². The highest BCUT2D eigenvalue weighted by Crippen LogP contribution is 2.60. The first-order chi connectivity index (χ1) is 18.7. The van der Waals surface area contributed by atoms with Gasteiger partial charge in [0.05, 0.1) is 18.3 Å². The number of aliphatic hydroxyl groups excluding tert-OH is 3. The zero-order valence-electron chi connectivity index (χ0n) is 24.4. The molecule has 1 heterocycles. The molecule has 0 aromatic carbocycles. The van der Waals surface area contributed by atoms with Crippen molar-refractivity contribution in [3.8, 4) is 0 Å². The molecule has 4 heteroatoms. The first-order valence-electron chi connectivity index (χ1n) is 15.6. The quantitative estimate of drug-likeness (QED) is 0.275. The average Bonchev–Trinajstić information content (AvgIpc) is 3.44. The fraction of sp³-hybridized carbons (Fsp3) is 0.657. The summed E-state index contributed by atoms with van der Waals surface area (Å²) in [7, 11) is 0. The van der Waals surface area contributed by atoms with E-state index in [-0.39, 0.29) is 10.8 Å². The molecule has 4 fully saturated rings. The minimum absolute atomic E-state index is 0.0496. The van der Waals surface area contributed by atoms with Gasteiger partial charge < -0.3 is 15.3 Å². The number of allylic oxidation sites excluding steroid dienone is 4. The maximum absolute atomic E-state index is 11.3. The Kier molecular flexibility index (Phi) is 8.79. The van der Waals surface area contributed by atoms with Gasteiger partial charge in [-0.15, -0.1) is 11.3 Å². The number of unbranched alkanes of at least 4 members (excludes halogenated alkanes) is 1. The lowest BCUT2D eigenvalue weighted by Crippen LogP contribution is -2.35. The van der Waals surface area contributed by atoms with Crippen molar-refractivity contribution < 1.29 is 15.3 Å². The van der Waals surface area contributed by atoms with Crippen molar-refractivity contribution >= 4 is 11.3 Å². The first kappa shape index (κ1) is 29.0. The fourth-order valence-electron chi connectivity index (χ4n) is 8.16. The van der Waals surface area contributed by atoms with E-state index in [4.69, 9.17) is 0 Å². The molecular formula is C35H50O3S. The van der Waals surface area contributed by atoms with Crippen LogP contribution < -0.4 is 0 Å². The van der Waals surface area contributed by atoms with Gasteiger partial charge in [0.2, 0.25) is 0 Å². The molecule has 5 rings (SSSR count). The maximum atomic E-state index is 11.3. The van der Waals surface area contributed by atoms with Gasteiger partial charge in [0.15, 0.2) is 0 Å². The van der Waals surface area contributed by atoms with E-state index in [9.17, 15) is 15.3 Å². The van der Waals surface area contributed by atoms with E-state index in [2.05, 4.69) is 63.8 Å². The second kappa shape index (κ2) is 11.8. The molecule has 214 valence electrons. The third kappa shape index (κ3) is 5.82. The molecule has 7 atom stereocenters. The van der Waals surface area contributed by atoms with Gasteiger partial charge in [0.1, 0.15) is 0 Å². The van der Waals surface area contributed by atoms with Crippen LogP contribution in [0.15, 0.2) is 59.7 Å². The lowest BCUT2D eigenvalue weighted by Gasteiger charge is -2.44. The number of aliphatic hydroxyl groups is 3. The minimum Gasteiger partial charge on any atom is -0.393 e. The Morgan fingerprint density at radius 1 is 1.13 bits per heavy atom. The molecule has 0 spiro atoms. The van der Waals surface area contributed by atoms with Gasteiger partial charge in [-0.1, -0.05) is 63.6 Å². The molecule has 0 amide bonds. The van der Waals surface area contributed by atoms with Gasteiger partial charge in [-0.2, -0.15) is 0 Å². The average molecular weight is 551 g/mol. The highest BCUT2D eigenvalue weighted by atomic mass is 32.1. The van der Waals surface area contributed by atoms with Crippen LogP contribution in [-0.4, -0.2) is 33.6 Å². The normalized spacial score (nSPS) is 36.0. The molecular weight excluding hydrogens is 500 g/mol. The zero-order valence-corrected chi connectivity index (χ0v) is 25.2. The predicted octanol–water partition coefficient (Wildman–Crippen LogP) is 7.82. The fourth-order valence-corrected chi connectivity index (χ4v) is 9.49. The predicted molar refractivity (Wildman–Crippen MR) is 163 cm³/mol. The second-order valence-electron chi connectivity index (χ2n) is 13.4. The number of aryl methyl sites for hydroxylation is 1. The number of thiophene rings is 1. The monoisotopic (exact) mass is 550 g/mol. The lowest BCUT2D eigenvalue weighted by molar-refractivity contribution is 0.0862. The van der Waals surface area contributed by atoms with Crippen LogP contribution in [0.4, 0.5) is 0 Å². The number of fused-ring (bicyclic) bond motifs is 1. The van der Waals surface area contributed by atoms with Crippen LogP contribution in [0.1, 0.15) is 101 Å². The summed E-state index contributed by atoms with van der Waals surface area (Å²) in [4.78, 5) is 2.84. The van der Waals surface area contributed by atoms with Crippen LogP contribution in [0, 0.1) is 23.2 Å². The summed E-state index contributed by atoms with van der Waals surface area (Å²) in [5.41, 5.74) is 3.53. The van der Waals surface area contributed by atoms with E-state index in [1.807, 2.05) is 11.3 Å². The Bertz CT molecular complexity index is 1120. The Morgan fingerprint density at radius 3 is 2.67 bits per heavy atom. The van der Waals surface area contributed by atoms with Gasteiger partial charge in [0, 0.05) is 21.6 Å². The summed E-state index contributed by atoms with van der Waals surface area (Å²) >= 11 is 1.92. The van der Waals surface area contributed by atoms with Crippen LogP contribution in [0.2, 0.25) is 0 Å². The first-order valence-corrected chi connectivity index (χ1v) is 16.4. The summed E-state index contributed by atoms with van der Waals surface area (Å²) in [5, 5.41) is 31.7. The van der Waals surface area contributed by atoms with Gasteiger partial charge in [0.25, 0.3) is 0 Å². The molecule has 1 aromatic rings. The Morgan fingerprint density at radius 2 is 1.92 bits per heavy atom. The summed E-state index contributed by atoms with van der Waals surface area (Å²) in [6, 6.07) is 4.56. The van der Waals surface area contributed by atoms with Gasteiger partial charge in [-0.25, -0.2) is 0 Å². The van der Waals surface area contributed by atoms with E-state index in [0.717, 1.165) is 36.8 Å². The molecule has 0 radical (unpaired) electrons. The molecule has 0 saturated heterocycles.